The van der Waals surface area contributed by atoms with Crippen LogP contribution < -0.4 is 0 Å². The van der Waals surface area contributed by atoms with E-state index < -0.39 is 29.1 Å². The summed E-state index contributed by atoms with van der Waals surface area (Å²) in [6.45, 7) is 5.12. The molecule has 0 aromatic rings. The van der Waals surface area contributed by atoms with Gasteiger partial charge in [-0.05, 0) is 25.2 Å². The first kappa shape index (κ1) is 14.1. The van der Waals surface area contributed by atoms with Crippen LogP contribution in [-0.2, 0) is 19.1 Å². The number of hydrogen-bond donors (Lipinski definition) is 0. The van der Waals surface area contributed by atoms with Crippen LogP contribution in [0.5, 0.6) is 0 Å². The highest BCUT2D eigenvalue weighted by Gasteiger charge is 2.66. The molecule has 3 aliphatic rings. The van der Waals surface area contributed by atoms with Crippen LogP contribution in [0, 0.1) is 34.5 Å². The van der Waals surface area contributed by atoms with Gasteiger partial charge < -0.3 is 9.47 Å². The Morgan fingerprint density at radius 3 is 2.48 bits per heavy atom. The first-order chi connectivity index (χ1) is 9.83. The molecule has 3 atom stereocenters. The third-order valence-corrected chi connectivity index (χ3v) is 4.98. The molecule has 0 spiro atoms. The van der Waals surface area contributed by atoms with Crippen LogP contribution in [0.1, 0.15) is 40.0 Å². The van der Waals surface area contributed by atoms with E-state index in [1.165, 1.54) is 19.4 Å². The quantitative estimate of drug-likeness (QED) is 0.443. The number of ether oxygens (including phenoxy) is 2. The van der Waals surface area contributed by atoms with Crippen LogP contribution in [0.3, 0.4) is 0 Å². The molecule has 1 aliphatic heterocycles. The fourth-order valence-corrected chi connectivity index (χ4v) is 4.00. The molecule has 0 aromatic carbocycles. The molecule has 0 amide bonds. The Balaban J connectivity index is 1.92. The van der Waals surface area contributed by atoms with Gasteiger partial charge in [-0.2, -0.15) is 5.26 Å². The van der Waals surface area contributed by atoms with E-state index in [1.54, 1.807) is 0 Å². The summed E-state index contributed by atoms with van der Waals surface area (Å²) < 4.78 is 10.4. The van der Waals surface area contributed by atoms with Crippen molar-refractivity contribution in [1.82, 2.24) is 0 Å². The van der Waals surface area contributed by atoms with E-state index >= 15 is 0 Å². The predicted octanol–water partition coefficient (Wildman–Crippen LogP) is 2.32. The Bertz CT molecular complexity index is 566. The molecule has 0 radical (unpaired) electrons. The predicted molar refractivity (Wildman–Crippen MR) is 72.4 cm³/mol. The van der Waals surface area contributed by atoms with Crippen LogP contribution >= 0.6 is 0 Å². The van der Waals surface area contributed by atoms with Crippen molar-refractivity contribution >= 4 is 11.9 Å². The number of rotatable bonds is 2. The van der Waals surface area contributed by atoms with E-state index in [0.717, 1.165) is 12.8 Å². The summed E-state index contributed by atoms with van der Waals surface area (Å²) in [6, 6.07) is 2.24. The fraction of sp³-hybridized carbons (Fsp3) is 0.688. The second kappa shape index (κ2) is 4.33. The van der Waals surface area contributed by atoms with Crippen molar-refractivity contribution in [3.63, 3.8) is 0 Å². The first-order valence-electron chi connectivity index (χ1n) is 7.39. The van der Waals surface area contributed by atoms with Crippen molar-refractivity contribution in [2.45, 2.75) is 45.8 Å². The largest absolute Gasteiger partial charge is 0.422 e. The zero-order valence-corrected chi connectivity index (χ0v) is 12.5. The molecular formula is C16H19NO4. The Kier molecular flexibility index (Phi) is 2.91. The first-order valence-corrected chi connectivity index (χ1v) is 7.39. The summed E-state index contributed by atoms with van der Waals surface area (Å²) in [5, 5.41) is 9.67. The summed E-state index contributed by atoms with van der Waals surface area (Å²) in [4.78, 5) is 24.5. The average Bonchev–Trinajstić information content (AvgIpc) is 2.70. The second-order valence-electron chi connectivity index (χ2n) is 6.70. The van der Waals surface area contributed by atoms with Gasteiger partial charge >= 0.3 is 11.9 Å². The number of hydrogen-bond acceptors (Lipinski definition) is 5. The molecule has 0 bridgehead atoms. The van der Waals surface area contributed by atoms with Crippen molar-refractivity contribution < 1.29 is 19.1 Å². The number of carbonyl (C=O) groups is 2. The molecule has 1 heterocycles. The van der Waals surface area contributed by atoms with E-state index in [2.05, 4.69) is 19.1 Å². The number of nitrogens with zero attached hydrogens (tertiary/aromatic N) is 1. The monoisotopic (exact) mass is 289 g/mol. The van der Waals surface area contributed by atoms with E-state index in [9.17, 15) is 14.9 Å². The molecule has 2 aliphatic carbocycles. The number of carbonyl (C=O) groups excluding carboxylic acids is 2. The molecule has 0 aromatic heterocycles. The standard InChI is InChI=1S/C16H19NO4/c1-4-9-5-10-7-16(8-17,11(10)6-9)12-13(18)20-15(2,3)21-14(12)19/h6,10-12H,4-5,7H2,1-3H3/t10-,11-,16-/m1/s1. The van der Waals surface area contributed by atoms with Gasteiger partial charge in [0.1, 0.15) is 0 Å². The van der Waals surface area contributed by atoms with Gasteiger partial charge in [-0.25, -0.2) is 0 Å². The highest BCUT2D eigenvalue weighted by molar-refractivity contribution is 5.98. The third-order valence-electron chi connectivity index (χ3n) is 4.98. The van der Waals surface area contributed by atoms with Gasteiger partial charge in [0.15, 0.2) is 5.92 Å². The molecule has 112 valence electrons. The molecule has 5 nitrogen and oxygen atoms in total. The van der Waals surface area contributed by atoms with E-state index in [4.69, 9.17) is 9.47 Å². The molecule has 0 N–H and O–H groups in total. The number of allylic oxidation sites excluding steroid dienone is 2. The fourth-order valence-electron chi connectivity index (χ4n) is 4.00. The van der Waals surface area contributed by atoms with Gasteiger partial charge in [0.2, 0.25) is 0 Å². The Hall–Kier alpha value is -1.83. The minimum absolute atomic E-state index is 0.0382. The summed E-state index contributed by atoms with van der Waals surface area (Å²) in [5.41, 5.74) is 0.312. The summed E-state index contributed by atoms with van der Waals surface area (Å²) in [5.74, 6) is -3.29. The zero-order chi connectivity index (χ0) is 15.4. The van der Waals surface area contributed by atoms with E-state index in [0.29, 0.717) is 12.3 Å². The van der Waals surface area contributed by atoms with Gasteiger partial charge in [0.25, 0.3) is 5.79 Å². The lowest BCUT2D eigenvalue weighted by Gasteiger charge is -2.51. The minimum Gasteiger partial charge on any atom is -0.422 e. The van der Waals surface area contributed by atoms with Crippen LogP contribution in [0.2, 0.25) is 0 Å². The molecular weight excluding hydrogens is 270 g/mol. The highest BCUT2D eigenvalue weighted by Crippen LogP contribution is 2.62. The zero-order valence-electron chi connectivity index (χ0n) is 12.5. The van der Waals surface area contributed by atoms with Crippen LogP contribution in [0.25, 0.3) is 0 Å². The van der Waals surface area contributed by atoms with Crippen LogP contribution in [-0.4, -0.2) is 17.7 Å². The number of cyclic esters (lactones) is 2. The van der Waals surface area contributed by atoms with Crippen molar-refractivity contribution in [2.24, 2.45) is 23.2 Å². The molecule has 3 rings (SSSR count). The molecule has 21 heavy (non-hydrogen) atoms. The Morgan fingerprint density at radius 2 is 1.95 bits per heavy atom. The van der Waals surface area contributed by atoms with Crippen LogP contribution in [0.4, 0.5) is 0 Å². The Morgan fingerprint density at radius 1 is 1.33 bits per heavy atom. The van der Waals surface area contributed by atoms with Crippen molar-refractivity contribution in [3.05, 3.63) is 11.6 Å². The van der Waals surface area contributed by atoms with E-state index in [1.807, 2.05) is 0 Å². The highest BCUT2D eigenvalue weighted by atomic mass is 16.7. The summed E-state index contributed by atoms with van der Waals surface area (Å²) in [6.07, 6.45) is 4.55. The number of esters is 2. The topological polar surface area (TPSA) is 76.4 Å². The van der Waals surface area contributed by atoms with Gasteiger partial charge in [0.05, 0.1) is 11.5 Å². The van der Waals surface area contributed by atoms with Crippen molar-refractivity contribution in [3.8, 4) is 6.07 Å². The lowest BCUT2D eigenvalue weighted by molar-refractivity contribution is -0.249. The molecule has 1 saturated carbocycles. The molecule has 1 saturated heterocycles. The molecule has 0 unspecified atom stereocenters. The number of fused-ring (bicyclic) bond motifs is 1. The maximum atomic E-state index is 12.3. The van der Waals surface area contributed by atoms with Gasteiger partial charge in [-0.3, -0.25) is 9.59 Å². The van der Waals surface area contributed by atoms with Crippen LogP contribution in [0.15, 0.2) is 11.6 Å². The third kappa shape index (κ3) is 1.89. The van der Waals surface area contributed by atoms with E-state index in [-0.39, 0.29) is 5.92 Å². The normalized spacial score (nSPS) is 37.7. The van der Waals surface area contributed by atoms with Gasteiger partial charge in [0, 0.05) is 19.8 Å². The maximum Gasteiger partial charge on any atom is 0.325 e. The van der Waals surface area contributed by atoms with Crippen molar-refractivity contribution in [2.75, 3.05) is 0 Å². The SMILES string of the molecule is CCC1=C[C@@H]2[C@H](C1)C[C@]2(C#N)C1C(=O)OC(C)(C)OC1=O. The average molecular weight is 289 g/mol. The summed E-state index contributed by atoms with van der Waals surface area (Å²) >= 11 is 0. The van der Waals surface area contributed by atoms with Gasteiger partial charge in [-0.1, -0.05) is 18.6 Å². The van der Waals surface area contributed by atoms with Crippen molar-refractivity contribution in [1.29, 1.82) is 5.26 Å². The summed E-state index contributed by atoms with van der Waals surface area (Å²) in [7, 11) is 0. The smallest absolute Gasteiger partial charge is 0.325 e. The van der Waals surface area contributed by atoms with Gasteiger partial charge in [-0.15, -0.1) is 0 Å². The number of nitriles is 1. The minimum atomic E-state index is -1.25. The Labute approximate surface area is 123 Å². The molecule has 2 fully saturated rings. The second-order valence-corrected chi connectivity index (χ2v) is 6.70. The lowest BCUT2D eigenvalue weighted by Crippen LogP contribution is -2.59. The lowest BCUT2D eigenvalue weighted by atomic mass is 9.50. The maximum absolute atomic E-state index is 12.3. The molecule has 5 heteroatoms.